The number of nitrogens with one attached hydrogen (secondary N) is 1. The standard InChI is InChI=1S/C9H16ClNOS/c1-13-9(4-2-5-9)7-11-8(12)3-6-10/h2-7H2,1H3,(H,11,12). The molecule has 2 nitrogen and oxygen atoms in total. The molecule has 1 aliphatic rings. The second kappa shape index (κ2) is 5.11. The second-order valence-electron chi connectivity index (χ2n) is 3.46. The summed E-state index contributed by atoms with van der Waals surface area (Å²) >= 11 is 7.33. The van der Waals surface area contributed by atoms with Gasteiger partial charge in [-0.15, -0.1) is 11.6 Å². The predicted octanol–water partition coefficient (Wildman–Crippen LogP) is 2.02. The normalized spacial score (nSPS) is 19.2. The molecule has 0 radical (unpaired) electrons. The quantitative estimate of drug-likeness (QED) is 0.720. The van der Waals surface area contributed by atoms with Crippen molar-refractivity contribution in [1.82, 2.24) is 5.32 Å². The Morgan fingerprint density at radius 2 is 2.31 bits per heavy atom. The van der Waals surface area contributed by atoms with Crippen molar-refractivity contribution in [2.75, 3.05) is 18.7 Å². The third-order valence-corrected chi connectivity index (χ3v) is 4.23. The van der Waals surface area contributed by atoms with Gasteiger partial charge >= 0.3 is 0 Å². The maximum Gasteiger partial charge on any atom is 0.221 e. The van der Waals surface area contributed by atoms with Gasteiger partial charge < -0.3 is 5.32 Å². The lowest BCUT2D eigenvalue weighted by atomic mass is 9.84. The van der Waals surface area contributed by atoms with E-state index in [1.807, 2.05) is 11.8 Å². The highest BCUT2D eigenvalue weighted by molar-refractivity contribution is 8.00. The summed E-state index contributed by atoms with van der Waals surface area (Å²) in [5, 5.41) is 2.93. The molecule has 4 heteroatoms. The third kappa shape index (κ3) is 3.06. The molecule has 1 fully saturated rings. The SMILES string of the molecule is CSC1(CNC(=O)CCCl)CCC1. The summed E-state index contributed by atoms with van der Waals surface area (Å²) < 4.78 is 0.335. The molecular formula is C9H16ClNOS. The first-order valence-electron chi connectivity index (χ1n) is 4.60. The molecule has 0 spiro atoms. The summed E-state index contributed by atoms with van der Waals surface area (Å²) in [5.41, 5.74) is 0. The van der Waals surface area contributed by atoms with E-state index in [9.17, 15) is 4.79 Å². The largest absolute Gasteiger partial charge is 0.355 e. The van der Waals surface area contributed by atoms with E-state index in [1.54, 1.807) is 0 Å². The number of thioether (sulfide) groups is 1. The Hall–Kier alpha value is 0.110. The van der Waals surface area contributed by atoms with E-state index in [0.717, 1.165) is 6.54 Å². The topological polar surface area (TPSA) is 29.1 Å². The summed E-state index contributed by atoms with van der Waals surface area (Å²) in [6.45, 7) is 0.809. The van der Waals surface area contributed by atoms with Crippen molar-refractivity contribution < 1.29 is 4.79 Å². The van der Waals surface area contributed by atoms with Gasteiger partial charge in [-0.3, -0.25) is 4.79 Å². The van der Waals surface area contributed by atoms with E-state index in [0.29, 0.717) is 17.0 Å². The maximum atomic E-state index is 11.1. The van der Waals surface area contributed by atoms with Gasteiger partial charge in [-0.2, -0.15) is 11.8 Å². The van der Waals surface area contributed by atoms with Gasteiger partial charge in [0.05, 0.1) is 0 Å². The summed E-state index contributed by atoms with van der Waals surface area (Å²) in [7, 11) is 0. The van der Waals surface area contributed by atoms with Crippen LogP contribution in [-0.2, 0) is 4.79 Å². The monoisotopic (exact) mass is 221 g/mol. The molecule has 0 bridgehead atoms. The first-order chi connectivity index (χ1) is 6.22. The summed E-state index contributed by atoms with van der Waals surface area (Å²) in [6, 6.07) is 0. The molecule has 0 aliphatic heterocycles. The minimum atomic E-state index is 0.0790. The van der Waals surface area contributed by atoms with Crippen molar-refractivity contribution in [1.29, 1.82) is 0 Å². The molecule has 1 N–H and O–H groups in total. The van der Waals surface area contributed by atoms with Crippen LogP contribution in [0.25, 0.3) is 0 Å². The Kier molecular flexibility index (Phi) is 4.39. The minimum absolute atomic E-state index is 0.0790. The molecule has 0 heterocycles. The lowest BCUT2D eigenvalue weighted by Gasteiger charge is -2.40. The Bertz CT molecular complexity index is 177. The van der Waals surface area contributed by atoms with E-state index in [4.69, 9.17) is 11.6 Å². The first-order valence-corrected chi connectivity index (χ1v) is 6.36. The van der Waals surface area contributed by atoms with Crippen molar-refractivity contribution in [3.63, 3.8) is 0 Å². The molecule has 0 atom stereocenters. The van der Waals surface area contributed by atoms with E-state index in [-0.39, 0.29) is 5.91 Å². The van der Waals surface area contributed by atoms with Gasteiger partial charge in [0.2, 0.25) is 5.91 Å². The van der Waals surface area contributed by atoms with E-state index in [1.165, 1.54) is 19.3 Å². The fraction of sp³-hybridized carbons (Fsp3) is 0.889. The van der Waals surface area contributed by atoms with Crippen LogP contribution in [0.1, 0.15) is 25.7 Å². The molecule has 13 heavy (non-hydrogen) atoms. The molecule has 1 amide bonds. The summed E-state index contributed by atoms with van der Waals surface area (Å²) in [5.74, 6) is 0.494. The average molecular weight is 222 g/mol. The molecule has 76 valence electrons. The predicted molar refractivity (Wildman–Crippen MR) is 58.4 cm³/mol. The number of amides is 1. The number of hydrogen-bond acceptors (Lipinski definition) is 2. The molecule has 0 aromatic heterocycles. The van der Waals surface area contributed by atoms with Gasteiger partial charge in [0.15, 0.2) is 0 Å². The van der Waals surface area contributed by atoms with Gasteiger partial charge in [0.25, 0.3) is 0 Å². The van der Waals surface area contributed by atoms with Crippen LogP contribution in [0.5, 0.6) is 0 Å². The number of carbonyl (C=O) groups is 1. The van der Waals surface area contributed by atoms with Crippen molar-refractivity contribution >= 4 is 29.3 Å². The van der Waals surface area contributed by atoms with E-state index >= 15 is 0 Å². The molecule has 0 saturated heterocycles. The zero-order valence-corrected chi connectivity index (χ0v) is 9.51. The molecule has 1 rings (SSSR count). The van der Waals surface area contributed by atoms with Gasteiger partial charge in [0.1, 0.15) is 0 Å². The minimum Gasteiger partial charge on any atom is -0.355 e. The Morgan fingerprint density at radius 3 is 2.69 bits per heavy atom. The molecule has 0 unspecified atom stereocenters. The van der Waals surface area contributed by atoms with Gasteiger partial charge in [-0.05, 0) is 19.1 Å². The van der Waals surface area contributed by atoms with Crippen molar-refractivity contribution in [3.05, 3.63) is 0 Å². The Balaban J connectivity index is 2.20. The van der Waals surface area contributed by atoms with E-state index in [2.05, 4.69) is 11.6 Å². The average Bonchev–Trinajstić information content (AvgIpc) is 2.04. The second-order valence-corrected chi connectivity index (χ2v) is 5.11. The number of hydrogen-bond donors (Lipinski definition) is 1. The molecule has 0 aromatic carbocycles. The first kappa shape index (κ1) is 11.2. The fourth-order valence-corrected chi connectivity index (χ4v) is 2.54. The van der Waals surface area contributed by atoms with Crippen LogP contribution >= 0.6 is 23.4 Å². The van der Waals surface area contributed by atoms with Crippen molar-refractivity contribution in [2.45, 2.75) is 30.4 Å². The molecule has 1 saturated carbocycles. The Morgan fingerprint density at radius 1 is 1.62 bits per heavy atom. The lowest BCUT2D eigenvalue weighted by molar-refractivity contribution is -0.120. The zero-order valence-electron chi connectivity index (χ0n) is 7.94. The van der Waals surface area contributed by atoms with Gasteiger partial charge in [0, 0.05) is 23.6 Å². The highest BCUT2D eigenvalue weighted by Gasteiger charge is 2.36. The van der Waals surface area contributed by atoms with Crippen molar-refractivity contribution in [2.24, 2.45) is 0 Å². The van der Waals surface area contributed by atoms with Gasteiger partial charge in [-0.25, -0.2) is 0 Å². The van der Waals surface area contributed by atoms with Crippen LogP contribution in [0.15, 0.2) is 0 Å². The number of halogens is 1. The highest BCUT2D eigenvalue weighted by atomic mass is 35.5. The fourth-order valence-electron chi connectivity index (χ4n) is 1.46. The summed E-state index contributed by atoms with van der Waals surface area (Å²) in [4.78, 5) is 11.1. The number of carbonyl (C=O) groups excluding carboxylic acids is 1. The van der Waals surface area contributed by atoms with Crippen molar-refractivity contribution in [3.8, 4) is 0 Å². The smallest absolute Gasteiger partial charge is 0.221 e. The van der Waals surface area contributed by atoms with Crippen LogP contribution in [0, 0.1) is 0 Å². The van der Waals surface area contributed by atoms with Crippen LogP contribution in [-0.4, -0.2) is 29.3 Å². The number of alkyl halides is 1. The van der Waals surface area contributed by atoms with Crippen LogP contribution in [0.3, 0.4) is 0 Å². The van der Waals surface area contributed by atoms with Crippen LogP contribution in [0.4, 0.5) is 0 Å². The van der Waals surface area contributed by atoms with Crippen LogP contribution < -0.4 is 5.32 Å². The van der Waals surface area contributed by atoms with Crippen LogP contribution in [0.2, 0.25) is 0 Å². The van der Waals surface area contributed by atoms with E-state index < -0.39 is 0 Å². The molecule has 0 aromatic rings. The molecule has 1 aliphatic carbocycles. The lowest BCUT2D eigenvalue weighted by Crippen LogP contribution is -2.45. The summed E-state index contributed by atoms with van der Waals surface area (Å²) in [6.07, 6.45) is 6.32. The molecular weight excluding hydrogens is 206 g/mol. The maximum absolute atomic E-state index is 11.1. The zero-order chi connectivity index (χ0) is 9.73. The Labute approximate surface area is 88.8 Å². The highest BCUT2D eigenvalue weighted by Crippen LogP contribution is 2.42. The van der Waals surface area contributed by atoms with Gasteiger partial charge in [-0.1, -0.05) is 6.42 Å². The number of rotatable bonds is 5. The third-order valence-electron chi connectivity index (χ3n) is 2.63.